The highest BCUT2D eigenvalue weighted by molar-refractivity contribution is 7.15. The number of carbonyl (C=O) groups excluding carboxylic acids is 1. The van der Waals surface area contributed by atoms with Crippen LogP contribution in [0.25, 0.3) is 21.6 Å². The molecule has 3 rings (SSSR count). The predicted molar refractivity (Wildman–Crippen MR) is 121 cm³/mol. The lowest BCUT2D eigenvalue weighted by molar-refractivity contribution is 0.0955. The maximum absolute atomic E-state index is 12.8. The Bertz CT molecular complexity index is 922. The SMILES string of the molecule is CNCCCNC(=O)c1cc(-c2ccc(C)s2)nc2c1cnn2C(C)C.Cl.Cl. The number of pyridine rings is 1. The van der Waals surface area contributed by atoms with Crippen LogP contribution in [0.3, 0.4) is 0 Å². The molecule has 154 valence electrons. The predicted octanol–water partition coefficient (Wildman–Crippen LogP) is 4.23. The molecule has 0 saturated heterocycles. The fourth-order valence-corrected chi connectivity index (χ4v) is 3.67. The second-order valence-corrected chi connectivity index (χ2v) is 7.89. The van der Waals surface area contributed by atoms with Crippen molar-refractivity contribution >= 4 is 53.1 Å². The number of hydrogen-bond donors (Lipinski definition) is 2. The molecular formula is C19H27Cl2N5OS. The van der Waals surface area contributed by atoms with E-state index in [0.29, 0.717) is 12.1 Å². The van der Waals surface area contributed by atoms with E-state index in [1.54, 1.807) is 17.5 Å². The fourth-order valence-electron chi connectivity index (χ4n) is 2.84. The molecule has 0 aliphatic carbocycles. The molecule has 0 atom stereocenters. The van der Waals surface area contributed by atoms with Crippen molar-refractivity contribution in [2.45, 2.75) is 33.2 Å². The van der Waals surface area contributed by atoms with Gasteiger partial charge in [0.1, 0.15) is 0 Å². The zero-order valence-corrected chi connectivity index (χ0v) is 18.9. The van der Waals surface area contributed by atoms with Crippen LogP contribution in [0.5, 0.6) is 0 Å². The monoisotopic (exact) mass is 443 g/mol. The third-order valence-electron chi connectivity index (χ3n) is 4.18. The Morgan fingerprint density at radius 1 is 1.25 bits per heavy atom. The van der Waals surface area contributed by atoms with E-state index in [1.165, 1.54) is 4.88 Å². The van der Waals surface area contributed by atoms with Gasteiger partial charge >= 0.3 is 0 Å². The molecular weight excluding hydrogens is 417 g/mol. The number of aromatic nitrogens is 3. The summed E-state index contributed by atoms with van der Waals surface area (Å²) in [5, 5.41) is 11.3. The van der Waals surface area contributed by atoms with Gasteiger partial charge in [-0.15, -0.1) is 36.2 Å². The number of nitrogens with one attached hydrogen (secondary N) is 2. The van der Waals surface area contributed by atoms with Crippen molar-refractivity contribution in [1.29, 1.82) is 0 Å². The molecule has 3 heterocycles. The summed E-state index contributed by atoms with van der Waals surface area (Å²) < 4.78 is 1.87. The van der Waals surface area contributed by atoms with Crippen molar-refractivity contribution < 1.29 is 4.79 Å². The number of nitrogens with zero attached hydrogens (tertiary/aromatic N) is 3. The third-order valence-corrected chi connectivity index (χ3v) is 5.21. The zero-order valence-electron chi connectivity index (χ0n) is 16.5. The highest BCUT2D eigenvalue weighted by atomic mass is 35.5. The van der Waals surface area contributed by atoms with E-state index in [4.69, 9.17) is 4.98 Å². The van der Waals surface area contributed by atoms with E-state index < -0.39 is 0 Å². The minimum Gasteiger partial charge on any atom is -0.352 e. The van der Waals surface area contributed by atoms with E-state index in [0.717, 1.165) is 34.6 Å². The van der Waals surface area contributed by atoms with E-state index in [-0.39, 0.29) is 36.8 Å². The lowest BCUT2D eigenvalue weighted by Gasteiger charge is -2.10. The van der Waals surface area contributed by atoms with Gasteiger partial charge in [0.05, 0.1) is 27.7 Å². The second-order valence-electron chi connectivity index (χ2n) is 6.60. The summed E-state index contributed by atoms with van der Waals surface area (Å²) in [6.07, 6.45) is 2.63. The van der Waals surface area contributed by atoms with Gasteiger partial charge in [-0.25, -0.2) is 9.67 Å². The van der Waals surface area contributed by atoms with Crippen LogP contribution < -0.4 is 10.6 Å². The van der Waals surface area contributed by atoms with Gasteiger partial charge in [-0.1, -0.05) is 0 Å². The number of halogens is 2. The molecule has 0 aliphatic heterocycles. The highest BCUT2D eigenvalue weighted by Gasteiger charge is 2.18. The summed E-state index contributed by atoms with van der Waals surface area (Å²) in [6.45, 7) is 7.70. The molecule has 6 nitrogen and oxygen atoms in total. The van der Waals surface area contributed by atoms with Gasteiger partial charge < -0.3 is 10.6 Å². The quantitative estimate of drug-likeness (QED) is 0.535. The van der Waals surface area contributed by atoms with Crippen LogP contribution in [0, 0.1) is 6.92 Å². The van der Waals surface area contributed by atoms with Gasteiger partial charge in [-0.05, 0) is 59.0 Å². The first-order valence-electron chi connectivity index (χ1n) is 8.89. The standard InChI is InChI=1S/C19H25N5OS.2ClH/c1-12(2)24-18-15(11-22-24)14(19(25)21-9-5-8-20-4)10-16(23-18)17-7-6-13(3)26-17;;/h6-7,10-12,20H,5,8-9H2,1-4H3,(H,21,25);2*1H. The van der Waals surface area contributed by atoms with Crippen molar-refractivity contribution in [1.82, 2.24) is 25.4 Å². The number of thiophene rings is 1. The number of carbonyl (C=O) groups is 1. The first-order chi connectivity index (χ1) is 12.5. The average Bonchev–Trinajstić information content (AvgIpc) is 3.23. The summed E-state index contributed by atoms with van der Waals surface area (Å²) >= 11 is 1.68. The summed E-state index contributed by atoms with van der Waals surface area (Å²) in [5.41, 5.74) is 2.20. The maximum atomic E-state index is 12.8. The highest BCUT2D eigenvalue weighted by Crippen LogP contribution is 2.30. The molecule has 0 radical (unpaired) electrons. The molecule has 1 amide bonds. The topological polar surface area (TPSA) is 71.8 Å². The Morgan fingerprint density at radius 3 is 2.61 bits per heavy atom. The van der Waals surface area contributed by atoms with Crippen molar-refractivity contribution in [2.75, 3.05) is 20.1 Å². The van der Waals surface area contributed by atoms with Crippen LogP contribution in [0.15, 0.2) is 24.4 Å². The Balaban J connectivity index is 0.00000196. The van der Waals surface area contributed by atoms with E-state index in [2.05, 4.69) is 48.6 Å². The van der Waals surface area contributed by atoms with Gasteiger partial charge in [-0.3, -0.25) is 4.79 Å². The molecule has 3 aromatic heterocycles. The lowest BCUT2D eigenvalue weighted by atomic mass is 10.1. The molecule has 9 heteroatoms. The summed E-state index contributed by atoms with van der Waals surface area (Å²) in [5.74, 6) is -0.0775. The first-order valence-corrected chi connectivity index (χ1v) is 9.70. The number of hydrogen-bond acceptors (Lipinski definition) is 5. The minimum atomic E-state index is -0.0775. The normalized spacial score (nSPS) is 10.6. The van der Waals surface area contributed by atoms with Crippen molar-refractivity contribution in [2.24, 2.45) is 0 Å². The first kappa shape index (κ1) is 24.4. The van der Waals surface area contributed by atoms with Crippen molar-refractivity contribution in [3.63, 3.8) is 0 Å². The van der Waals surface area contributed by atoms with Crippen LogP contribution in [-0.4, -0.2) is 40.8 Å². The largest absolute Gasteiger partial charge is 0.352 e. The molecule has 3 aromatic rings. The smallest absolute Gasteiger partial charge is 0.252 e. The van der Waals surface area contributed by atoms with Gasteiger partial charge in [-0.2, -0.15) is 5.10 Å². The van der Waals surface area contributed by atoms with Gasteiger partial charge in [0.25, 0.3) is 5.91 Å². The molecule has 28 heavy (non-hydrogen) atoms. The molecule has 0 fully saturated rings. The van der Waals surface area contributed by atoms with Crippen LogP contribution in [0.1, 0.15) is 41.5 Å². The molecule has 0 bridgehead atoms. The Hall–Kier alpha value is -1.67. The zero-order chi connectivity index (χ0) is 18.7. The van der Waals surface area contributed by atoms with Gasteiger partial charge in [0.15, 0.2) is 5.65 Å². The van der Waals surface area contributed by atoms with Crippen molar-refractivity contribution in [3.05, 3.63) is 34.8 Å². The third kappa shape index (κ3) is 5.23. The Labute approximate surface area is 181 Å². The number of rotatable bonds is 7. The molecule has 0 unspecified atom stereocenters. The van der Waals surface area contributed by atoms with E-state index >= 15 is 0 Å². The maximum Gasteiger partial charge on any atom is 0.252 e. The molecule has 0 aromatic carbocycles. The minimum absolute atomic E-state index is 0. The van der Waals surface area contributed by atoms with Gasteiger partial charge in [0, 0.05) is 17.5 Å². The number of aryl methyl sites for hydroxylation is 1. The number of amides is 1. The summed E-state index contributed by atoms with van der Waals surface area (Å²) in [6, 6.07) is 6.18. The number of fused-ring (bicyclic) bond motifs is 1. The van der Waals surface area contributed by atoms with Crippen LogP contribution in [0.2, 0.25) is 0 Å². The van der Waals surface area contributed by atoms with Crippen LogP contribution >= 0.6 is 36.2 Å². The summed E-state index contributed by atoms with van der Waals surface area (Å²) in [7, 11) is 1.91. The molecule has 0 spiro atoms. The van der Waals surface area contributed by atoms with Crippen molar-refractivity contribution in [3.8, 4) is 10.6 Å². The average molecular weight is 444 g/mol. The summed E-state index contributed by atoms with van der Waals surface area (Å²) in [4.78, 5) is 19.9. The molecule has 0 aliphatic rings. The Morgan fingerprint density at radius 2 is 2.00 bits per heavy atom. The van der Waals surface area contributed by atoms with E-state index in [9.17, 15) is 4.79 Å². The molecule has 2 N–H and O–H groups in total. The van der Waals surface area contributed by atoms with Crippen LogP contribution in [-0.2, 0) is 0 Å². The Kier molecular flexibility index (Phi) is 9.36. The lowest BCUT2D eigenvalue weighted by Crippen LogP contribution is -2.26. The van der Waals surface area contributed by atoms with Crippen LogP contribution in [0.4, 0.5) is 0 Å². The second kappa shape index (κ2) is 10.8. The molecule has 0 saturated carbocycles. The van der Waals surface area contributed by atoms with E-state index in [1.807, 2.05) is 17.8 Å². The fraction of sp³-hybridized carbons (Fsp3) is 0.421. The van der Waals surface area contributed by atoms with Gasteiger partial charge in [0.2, 0.25) is 0 Å².